The van der Waals surface area contributed by atoms with Gasteiger partial charge < -0.3 is 21.1 Å². The van der Waals surface area contributed by atoms with Crippen molar-refractivity contribution in [3.63, 3.8) is 0 Å². The summed E-state index contributed by atoms with van der Waals surface area (Å²) in [6.45, 7) is 1.66. The SMILES string of the molecule is NC1C2CCCC1CC(C(=O)Nc1ccc(NC3CCOCC3)cc1)C2. The van der Waals surface area contributed by atoms with Crippen LogP contribution in [0.5, 0.6) is 0 Å². The molecule has 3 fully saturated rings. The minimum absolute atomic E-state index is 0.116. The molecule has 4 rings (SSSR count). The fourth-order valence-corrected chi connectivity index (χ4v) is 4.97. The fraction of sp³-hybridized carbons (Fsp3) is 0.667. The third kappa shape index (κ3) is 4.04. The van der Waals surface area contributed by atoms with Crippen LogP contribution in [0.2, 0.25) is 0 Å². The number of rotatable bonds is 4. The van der Waals surface area contributed by atoms with Crippen molar-refractivity contribution < 1.29 is 9.53 Å². The van der Waals surface area contributed by atoms with Crippen molar-refractivity contribution in [2.45, 2.75) is 57.0 Å². The molecule has 5 nitrogen and oxygen atoms in total. The van der Waals surface area contributed by atoms with Gasteiger partial charge in [0, 0.05) is 42.6 Å². The lowest BCUT2D eigenvalue weighted by molar-refractivity contribution is -0.122. The standard InChI is InChI=1S/C21H31N3O2/c22-20-14-2-1-3-15(20)13-16(12-14)21(25)24-18-6-4-17(5-7-18)23-19-8-10-26-11-9-19/h4-7,14-16,19-20,23H,1-3,8-13,22H2,(H,24,25). The van der Waals surface area contributed by atoms with E-state index in [0.717, 1.165) is 50.3 Å². The van der Waals surface area contributed by atoms with Crippen molar-refractivity contribution in [2.24, 2.45) is 23.5 Å². The zero-order chi connectivity index (χ0) is 17.9. The first-order valence-electron chi connectivity index (χ1n) is 10.2. The van der Waals surface area contributed by atoms with Gasteiger partial charge in [-0.2, -0.15) is 0 Å². The van der Waals surface area contributed by atoms with Gasteiger partial charge in [0.2, 0.25) is 5.91 Å². The van der Waals surface area contributed by atoms with E-state index in [4.69, 9.17) is 10.5 Å². The van der Waals surface area contributed by atoms with Gasteiger partial charge in [-0.05, 0) is 74.6 Å². The van der Waals surface area contributed by atoms with Crippen LogP contribution in [0.15, 0.2) is 24.3 Å². The Kier molecular flexibility index (Phi) is 5.46. The second-order valence-electron chi connectivity index (χ2n) is 8.29. The first-order valence-corrected chi connectivity index (χ1v) is 10.2. The quantitative estimate of drug-likeness (QED) is 0.772. The summed E-state index contributed by atoms with van der Waals surface area (Å²) >= 11 is 0. The highest BCUT2D eigenvalue weighted by molar-refractivity contribution is 5.92. The summed E-state index contributed by atoms with van der Waals surface area (Å²) in [5.41, 5.74) is 8.33. The van der Waals surface area contributed by atoms with E-state index in [9.17, 15) is 4.79 Å². The molecule has 2 atom stereocenters. The number of hydrogen-bond donors (Lipinski definition) is 3. The molecule has 2 aliphatic carbocycles. The number of fused-ring (bicyclic) bond motifs is 2. The molecule has 1 aromatic carbocycles. The number of ether oxygens (including phenoxy) is 1. The highest BCUT2D eigenvalue weighted by Crippen LogP contribution is 2.42. The Morgan fingerprint density at radius 1 is 0.962 bits per heavy atom. The van der Waals surface area contributed by atoms with Crippen LogP contribution >= 0.6 is 0 Å². The third-order valence-corrected chi connectivity index (χ3v) is 6.53. The molecule has 4 N–H and O–H groups in total. The summed E-state index contributed by atoms with van der Waals surface area (Å²) in [6.07, 6.45) is 7.65. The molecule has 1 aliphatic heterocycles. The summed E-state index contributed by atoms with van der Waals surface area (Å²) in [5, 5.41) is 6.67. The highest BCUT2D eigenvalue weighted by atomic mass is 16.5. The predicted octanol–water partition coefficient (Wildman–Crippen LogP) is 3.37. The number of nitrogens with one attached hydrogen (secondary N) is 2. The van der Waals surface area contributed by atoms with E-state index in [1.807, 2.05) is 12.1 Å². The van der Waals surface area contributed by atoms with E-state index >= 15 is 0 Å². The molecule has 0 radical (unpaired) electrons. The average molecular weight is 357 g/mol. The number of carbonyl (C=O) groups excluding carboxylic acids is 1. The molecule has 2 saturated carbocycles. The van der Waals surface area contributed by atoms with E-state index in [2.05, 4.69) is 22.8 Å². The maximum atomic E-state index is 12.7. The lowest BCUT2D eigenvalue weighted by atomic mass is 9.65. The monoisotopic (exact) mass is 357 g/mol. The third-order valence-electron chi connectivity index (χ3n) is 6.53. The van der Waals surface area contributed by atoms with Crippen molar-refractivity contribution in [2.75, 3.05) is 23.8 Å². The van der Waals surface area contributed by atoms with Crippen molar-refractivity contribution in [1.82, 2.24) is 0 Å². The minimum atomic E-state index is 0.116. The molecule has 2 bridgehead atoms. The Balaban J connectivity index is 1.31. The van der Waals surface area contributed by atoms with E-state index in [0.29, 0.717) is 23.9 Å². The van der Waals surface area contributed by atoms with E-state index in [1.54, 1.807) is 0 Å². The Morgan fingerprint density at radius 2 is 1.58 bits per heavy atom. The second-order valence-corrected chi connectivity index (χ2v) is 8.29. The van der Waals surface area contributed by atoms with E-state index in [1.165, 1.54) is 19.3 Å². The van der Waals surface area contributed by atoms with Crippen LogP contribution in [-0.4, -0.2) is 31.2 Å². The Morgan fingerprint density at radius 3 is 2.23 bits per heavy atom. The molecule has 3 aliphatic rings. The Hall–Kier alpha value is -1.59. The second kappa shape index (κ2) is 7.97. The zero-order valence-electron chi connectivity index (χ0n) is 15.5. The number of hydrogen-bond acceptors (Lipinski definition) is 4. The largest absolute Gasteiger partial charge is 0.382 e. The number of amides is 1. The highest BCUT2D eigenvalue weighted by Gasteiger charge is 2.40. The van der Waals surface area contributed by atoms with Crippen LogP contribution in [0.3, 0.4) is 0 Å². The van der Waals surface area contributed by atoms with Crippen LogP contribution in [0.25, 0.3) is 0 Å². The van der Waals surface area contributed by atoms with Gasteiger partial charge in [-0.1, -0.05) is 6.42 Å². The molecule has 1 aromatic rings. The van der Waals surface area contributed by atoms with Gasteiger partial charge in [0.25, 0.3) is 0 Å². The smallest absolute Gasteiger partial charge is 0.227 e. The lowest BCUT2D eigenvalue weighted by Gasteiger charge is -2.43. The van der Waals surface area contributed by atoms with Gasteiger partial charge in [0.15, 0.2) is 0 Å². The lowest BCUT2D eigenvalue weighted by Crippen LogP contribution is -2.48. The molecule has 0 spiro atoms. The van der Waals surface area contributed by atoms with Crippen molar-refractivity contribution >= 4 is 17.3 Å². The van der Waals surface area contributed by atoms with Gasteiger partial charge in [-0.15, -0.1) is 0 Å². The molecule has 5 heteroatoms. The molecule has 1 heterocycles. The molecule has 1 saturated heterocycles. The first kappa shape index (κ1) is 17.8. The first-order chi connectivity index (χ1) is 12.7. The van der Waals surface area contributed by atoms with Gasteiger partial charge in [0.05, 0.1) is 0 Å². The molecular formula is C21H31N3O2. The fourth-order valence-electron chi connectivity index (χ4n) is 4.97. The topological polar surface area (TPSA) is 76.4 Å². The number of nitrogens with two attached hydrogens (primary N) is 1. The minimum Gasteiger partial charge on any atom is -0.382 e. The Bertz CT molecular complexity index is 598. The summed E-state index contributed by atoms with van der Waals surface area (Å²) < 4.78 is 5.40. The number of anilines is 2. The molecule has 1 amide bonds. The van der Waals surface area contributed by atoms with Crippen molar-refractivity contribution in [3.05, 3.63) is 24.3 Å². The van der Waals surface area contributed by atoms with Crippen molar-refractivity contribution in [3.8, 4) is 0 Å². The van der Waals surface area contributed by atoms with Crippen LogP contribution in [-0.2, 0) is 9.53 Å². The number of benzene rings is 1. The molecule has 2 unspecified atom stereocenters. The van der Waals surface area contributed by atoms with Gasteiger partial charge in [-0.3, -0.25) is 4.79 Å². The molecular weight excluding hydrogens is 326 g/mol. The normalized spacial score (nSPS) is 32.0. The van der Waals surface area contributed by atoms with Gasteiger partial charge >= 0.3 is 0 Å². The summed E-state index contributed by atoms with van der Waals surface area (Å²) in [5.74, 6) is 1.35. The zero-order valence-corrected chi connectivity index (χ0v) is 15.5. The van der Waals surface area contributed by atoms with E-state index in [-0.39, 0.29) is 11.8 Å². The molecule has 26 heavy (non-hydrogen) atoms. The molecule has 142 valence electrons. The van der Waals surface area contributed by atoms with Crippen LogP contribution in [0, 0.1) is 17.8 Å². The van der Waals surface area contributed by atoms with Crippen molar-refractivity contribution in [1.29, 1.82) is 0 Å². The Labute approximate surface area is 156 Å². The van der Waals surface area contributed by atoms with E-state index < -0.39 is 0 Å². The van der Waals surface area contributed by atoms with Crippen LogP contribution < -0.4 is 16.4 Å². The van der Waals surface area contributed by atoms with Gasteiger partial charge in [0.1, 0.15) is 0 Å². The predicted molar refractivity (Wildman–Crippen MR) is 104 cm³/mol. The summed E-state index contributed by atoms with van der Waals surface area (Å²) in [4.78, 5) is 12.7. The average Bonchev–Trinajstić information content (AvgIpc) is 2.64. The maximum absolute atomic E-state index is 12.7. The van der Waals surface area contributed by atoms with Gasteiger partial charge in [-0.25, -0.2) is 0 Å². The van der Waals surface area contributed by atoms with Crippen LogP contribution in [0.1, 0.15) is 44.9 Å². The summed E-state index contributed by atoms with van der Waals surface area (Å²) in [7, 11) is 0. The number of carbonyl (C=O) groups is 1. The van der Waals surface area contributed by atoms with Crippen LogP contribution in [0.4, 0.5) is 11.4 Å². The summed E-state index contributed by atoms with van der Waals surface area (Å²) in [6, 6.07) is 8.88. The maximum Gasteiger partial charge on any atom is 0.227 e. The molecule has 0 aromatic heterocycles.